The van der Waals surface area contributed by atoms with Crippen molar-refractivity contribution in [2.75, 3.05) is 0 Å². The number of esters is 1. The lowest BCUT2D eigenvalue weighted by molar-refractivity contribution is -0.143. The van der Waals surface area contributed by atoms with Crippen molar-refractivity contribution in [2.24, 2.45) is 5.92 Å². The predicted molar refractivity (Wildman–Crippen MR) is 111 cm³/mol. The summed E-state index contributed by atoms with van der Waals surface area (Å²) in [5.74, 6) is -1.66. The maximum absolute atomic E-state index is 12.8. The first-order valence-corrected chi connectivity index (χ1v) is 11.1. The molecule has 0 spiro atoms. The molecule has 1 aromatic carbocycles. The molecule has 2 aromatic rings. The van der Waals surface area contributed by atoms with Gasteiger partial charge in [0, 0.05) is 36.9 Å². The summed E-state index contributed by atoms with van der Waals surface area (Å²) in [6.45, 7) is 0.237. The van der Waals surface area contributed by atoms with Crippen LogP contribution < -0.4 is 10.6 Å². The lowest BCUT2D eigenvalue weighted by Crippen LogP contribution is -2.53. The van der Waals surface area contributed by atoms with Gasteiger partial charge in [0.2, 0.25) is 11.8 Å². The van der Waals surface area contributed by atoms with Crippen LogP contribution in [0.4, 0.5) is 0 Å². The highest BCUT2D eigenvalue weighted by atomic mass is 16.6. The summed E-state index contributed by atoms with van der Waals surface area (Å²) in [6.07, 6.45) is 2.78. The maximum Gasteiger partial charge on any atom is 0.306 e. The molecule has 3 fully saturated rings. The smallest absolute Gasteiger partial charge is 0.306 e. The topological polar surface area (TPSA) is 153 Å². The summed E-state index contributed by atoms with van der Waals surface area (Å²) in [6, 6.07) is 4.31. The third kappa shape index (κ3) is 3.25. The van der Waals surface area contributed by atoms with Crippen LogP contribution in [0.2, 0.25) is 0 Å². The number of fused-ring (bicyclic) bond motifs is 2. The van der Waals surface area contributed by atoms with E-state index in [4.69, 9.17) is 4.74 Å². The molecular formula is C22H20N6O6. The molecule has 4 aliphatic rings. The Labute approximate surface area is 192 Å². The molecule has 174 valence electrons. The third-order valence-electron chi connectivity index (χ3n) is 6.98. The monoisotopic (exact) mass is 464 g/mol. The molecule has 2 N–H and O–H groups in total. The fourth-order valence-corrected chi connectivity index (χ4v) is 5.09. The number of piperidine rings is 1. The largest absolute Gasteiger partial charge is 0.462 e. The number of ether oxygens (including phenoxy) is 1. The number of carbonyl (C=O) groups excluding carboxylic acids is 5. The number of aromatic nitrogens is 3. The van der Waals surface area contributed by atoms with Crippen LogP contribution in [0.1, 0.15) is 52.1 Å². The predicted octanol–water partition coefficient (Wildman–Crippen LogP) is -0.538. The number of hydrogen-bond donors (Lipinski definition) is 2. The van der Waals surface area contributed by atoms with Gasteiger partial charge in [0.05, 0.1) is 18.3 Å². The van der Waals surface area contributed by atoms with Gasteiger partial charge in [-0.15, -0.1) is 5.10 Å². The van der Waals surface area contributed by atoms with Crippen LogP contribution in [-0.4, -0.2) is 67.7 Å². The fraction of sp³-hybridized carbons (Fsp3) is 0.409. The van der Waals surface area contributed by atoms with Gasteiger partial charge in [0.1, 0.15) is 12.1 Å². The molecule has 34 heavy (non-hydrogen) atoms. The molecule has 6 rings (SSSR count). The number of imide groups is 1. The van der Waals surface area contributed by atoms with E-state index in [1.165, 1.54) is 15.8 Å². The molecular weight excluding hydrogens is 444 g/mol. The fourth-order valence-electron chi connectivity index (χ4n) is 5.09. The Hall–Kier alpha value is -4.09. The first-order valence-electron chi connectivity index (χ1n) is 11.1. The van der Waals surface area contributed by atoms with Gasteiger partial charge in [0.25, 0.3) is 11.8 Å². The van der Waals surface area contributed by atoms with Crippen molar-refractivity contribution in [3.63, 3.8) is 0 Å². The molecule has 4 heterocycles. The summed E-state index contributed by atoms with van der Waals surface area (Å²) < 4.78 is 6.60. The van der Waals surface area contributed by atoms with Crippen molar-refractivity contribution in [3.8, 4) is 5.69 Å². The summed E-state index contributed by atoms with van der Waals surface area (Å²) in [4.78, 5) is 61.9. The Morgan fingerprint density at radius 2 is 2.06 bits per heavy atom. The average molecular weight is 464 g/mol. The van der Waals surface area contributed by atoms with E-state index >= 15 is 0 Å². The molecule has 1 saturated carbocycles. The number of nitrogens with one attached hydrogen (secondary N) is 2. The standard InChI is InChI=1S/C22H20N6O6/c29-18-4-3-16(21(32)24-18)27-8-10-5-11(1-2-12(10)22(27)33)28-9-15(25-26-28)20(31)23-14-7-17-13(14)6-19(30)34-17/h1-2,5,9,13-14,16-17H,3-4,6-8H2,(H,23,31)(H,24,29,32)/t13-,14+,16?,17+/m0/s1. The van der Waals surface area contributed by atoms with Gasteiger partial charge in [0.15, 0.2) is 5.69 Å². The second-order valence-corrected chi connectivity index (χ2v) is 9.00. The van der Waals surface area contributed by atoms with Gasteiger partial charge in [-0.2, -0.15) is 0 Å². The number of carbonyl (C=O) groups is 5. The summed E-state index contributed by atoms with van der Waals surface area (Å²) in [7, 11) is 0. The summed E-state index contributed by atoms with van der Waals surface area (Å²) in [5.41, 5.74) is 1.96. The van der Waals surface area contributed by atoms with E-state index in [0.29, 0.717) is 30.5 Å². The minimum Gasteiger partial charge on any atom is -0.462 e. The SMILES string of the molecule is O=C1CCC(N2Cc3cc(-n4cc(C(=O)N[C@@H]5C[C@H]6OC(=O)C[C@@H]56)nn4)ccc3C2=O)C(=O)N1. The zero-order valence-corrected chi connectivity index (χ0v) is 17.9. The molecule has 1 aromatic heterocycles. The van der Waals surface area contributed by atoms with E-state index in [2.05, 4.69) is 20.9 Å². The number of nitrogens with zero attached hydrogens (tertiary/aromatic N) is 4. The van der Waals surface area contributed by atoms with Crippen molar-refractivity contribution in [3.05, 3.63) is 41.2 Å². The van der Waals surface area contributed by atoms with E-state index in [1.807, 2.05) is 0 Å². The van der Waals surface area contributed by atoms with Crippen LogP contribution in [0.3, 0.4) is 0 Å². The van der Waals surface area contributed by atoms with Crippen LogP contribution in [0.15, 0.2) is 24.4 Å². The second-order valence-electron chi connectivity index (χ2n) is 9.00. The van der Waals surface area contributed by atoms with Crippen molar-refractivity contribution in [1.82, 2.24) is 30.5 Å². The minimum atomic E-state index is -0.686. The van der Waals surface area contributed by atoms with Crippen molar-refractivity contribution in [2.45, 2.75) is 50.4 Å². The molecule has 12 heteroatoms. The molecule has 1 unspecified atom stereocenters. The minimum absolute atomic E-state index is 0.00746. The lowest BCUT2D eigenvalue weighted by Gasteiger charge is -2.37. The number of hydrogen-bond acceptors (Lipinski definition) is 8. The maximum atomic E-state index is 12.8. The van der Waals surface area contributed by atoms with Gasteiger partial charge < -0.3 is 15.0 Å². The molecule has 0 radical (unpaired) electrons. The molecule has 1 aliphatic carbocycles. The van der Waals surface area contributed by atoms with Crippen molar-refractivity contribution >= 4 is 29.6 Å². The Morgan fingerprint density at radius 1 is 1.21 bits per heavy atom. The second kappa shape index (κ2) is 7.47. The summed E-state index contributed by atoms with van der Waals surface area (Å²) >= 11 is 0. The third-order valence-corrected chi connectivity index (χ3v) is 6.98. The van der Waals surface area contributed by atoms with Crippen LogP contribution in [0, 0.1) is 5.92 Å². The Morgan fingerprint density at radius 3 is 2.85 bits per heavy atom. The van der Waals surface area contributed by atoms with E-state index in [1.54, 1.807) is 18.2 Å². The van der Waals surface area contributed by atoms with Gasteiger partial charge in [-0.1, -0.05) is 5.21 Å². The lowest BCUT2D eigenvalue weighted by atomic mass is 9.76. The Kier molecular flexibility index (Phi) is 4.51. The van der Waals surface area contributed by atoms with E-state index in [9.17, 15) is 24.0 Å². The van der Waals surface area contributed by atoms with Crippen molar-refractivity contribution in [1.29, 1.82) is 0 Å². The molecule has 2 saturated heterocycles. The van der Waals surface area contributed by atoms with Gasteiger partial charge in [-0.3, -0.25) is 29.3 Å². The molecule has 0 bridgehead atoms. The zero-order chi connectivity index (χ0) is 23.6. The molecule has 4 atom stereocenters. The van der Waals surface area contributed by atoms with E-state index in [0.717, 1.165) is 5.56 Å². The van der Waals surface area contributed by atoms with E-state index < -0.39 is 11.9 Å². The van der Waals surface area contributed by atoms with Crippen LogP contribution in [0.5, 0.6) is 0 Å². The first kappa shape index (κ1) is 20.5. The van der Waals surface area contributed by atoms with E-state index in [-0.39, 0.29) is 60.4 Å². The quantitative estimate of drug-likeness (QED) is 0.452. The first-order chi connectivity index (χ1) is 16.4. The number of rotatable bonds is 4. The normalized spacial score (nSPS) is 27.6. The Bertz CT molecular complexity index is 1270. The van der Waals surface area contributed by atoms with Crippen LogP contribution in [0.25, 0.3) is 5.69 Å². The number of amides is 4. The van der Waals surface area contributed by atoms with Gasteiger partial charge in [-0.25, -0.2) is 4.68 Å². The highest BCUT2D eigenvalue weighted by molar-refractivity contribution is 6.05. The number of benzene rings is 1. The van der Waals surface area contributed by atoms with Crippen LogP contribution in [-0.2, 0) is 25.7 Å². The molecule has 12 nitrogen and oxygen atoms in total. The van der Waals surface area contributed by atoms with Crippen LogP contribution >= 0.6 is 0 Å². The highest BCUT2D eigenvalue weighted by Gasteiger charge is 2.50. The van der Waals surface area contributed by atoms with Gasteiger partial charge in [-0.05, 0) is 30.2 Å². The van der Waals surface area contributed by atoms with Crippen molar-refractivity contribution < 1.29 is 28.7 Å². The molecule has 4 amide bonds. The average Bonchev–Trinajstić information content (AvgIpc) is 3.49. The summed E-state index contributed by atoms with van der Waals surface area (Å²) in [5, 5.41) is 13.2. The highest BCUT2D eigenvalue weighted by Crippen LogP contribution is 2.39. The molecule has 3 aliphatic heterocycles. The zero-order valence-electron chi connectivity index (χ0n) is 17.9. The van der Waals surface area contributed by atoms with Gasteiger partial charge >= 0.3 is 5.97 Å². The Balaban J connectivity index is 1.15.